The smallest absolute Gasteiger partial charge is 0.324 e. The molecule has 8 heteroatoms. The van der Waals surface area contributed by atoms with Crippen molar-refractivity contribution in [3.63, 3.8) is 0 Å². The van der Waals surface area contributed by atoms with Crippen LogP contribution in [-0.2, 0) is 15.8 Å². The zero-order valence-corrected chi connectivity index (χ0v) is 12.9. The molecule has 1 aromatic rings. The molecule has 1 aromatic carbocycles. The minimum Gasteiger partial charge on any atom is -0.324 e. The fraction of sp³-hybridized carbons (Fsp3) is 0.467. The Morgan fingerprint density at radius 3 is 2.65 bits per heavy atom. The van der Waals surface area contributed by atoms with Gasteiger partial charge in [-0.05, 0) is 31.0 Å². The van der Waals surface area contributed by atoms with Crippen LogP contribution in [0.3, 0.4) is 0 Å². The number of hydrogen-bond donors (Lipinski definition) is 1. The first kappa shape index (κ1) is 16.2. The molecule has 1 N–H and O–H groups in total. The van der Waals surface area contributed by atoms with Gasteiger partial charge in [0.05, 0.1) is 11.4 Å². The van der Waals surface area contributed by atoms with E-state index in [1.54, 1.807) is 0 Å². The summed E-state index contributed by atoms with van der Waals surface area (Å²) in [5, 5.41) is 2.49. The van der Waals surface area contributed by atoms with Gasteiger partial charge in [0.2, 0.25) is 11.8 Å². The third-order valence-electron chi connectivity index (χ3n) is 3.85. The van der Waals surface area contributed by atoms with Gasteiger partial charge in [-0.15, -0.1) is 11.8 Å². The zero-order chi connectivity index (χ0) is 16.6. The maximum atomic E-state index is 12.7. The summed E-state index contributed by atoms with van der Waals surface area (Å²) < 4.78 is 38.1. The topological polar surface area (TPSA) is 49.4 Å². The van der Waals surface area contributed by atoms with Crippen molar-refractivity contribution < 1.29 is 22.8 Å². The highest BCUT2D eigenvalue weighted by molar-refractivity contribution is 7.99. The van der Waals surface area contributed by atoms with Crippen LogP contribution in [-0.4, -0.2) is 34.4 Å². The van der Waals surface area contributed by atoms with Crippen molar-refractivity contribution in [2.24, 2.45) is 5.92 Å². The number of nitrogens with one attached hydrogen (secondary N) is 1. The van der Waals surface area contributed by atoms with E-state index >= 15 is 0 Å². The van der Waals surface area contributed by atoms with Crippen molar-refractivity contribution in [1.82, 2.24) is 4.90 Å². The van der Waals surface area contributed by atoms with Crippen molar-refractivity contribution in [3.8, 4) is 0 Å². The van der Waals surface area contributed by atoms with Crippen molar-refractivity contribution >= 4 is 29.3 Å². The van der Waals surface area contributed by atoms with E-state index in [0.717, 1.165) is 25.0 Å². The first-order valence-corrected chi connectivity index (χ1v) is 8.38. The van der Waals surface area contributed by atoms with Crippen LogP contribution < -0.4 is 5.32 Å². The Bertz CT molecular complexity index is 631. The first-order chi connectivity index (χ1) is 10.9. The molecule has 0 spiro atoms. The van der Waals surface area contributed by atoms with Gasteiger partial charge in [-0.3, -0.25) is 9.59 Å². The molecule has 2 fully saturated rings. The Hall–Kier alpha value is -1.70. The lowest BCUT2D eigenvalue weighted by molar-refractivity contribution is -0.137. The molecule has 4 nitrogen and oxygen atoms in total. The minimum atomic E-state index is -4.46. The van der Waals surface area contributed by atoms with Gasteiger partial charge < -0.3 is 10.2 Å². The van der Waals surface area contributed by atoms with Crippen molar-refractivity contribution in [2.45, 2.75) is 25.1 Å². The molecule has 1 saturated carbocycles. The molecular formula is C15H15F3N2O2S. The summed E-state index contributed by atoms with van der Waals surface area (Å²) in [5.41, 5.74) is -0.734. The van der Waals surface area contributed by atoms with Crippen molar-refractivity contribution in [2.75, 3.05) is 16.9 Å². The molecule has 1 heterocycles. The normalized spacial score (nSPS) is 21.3. The molecule has 0 bridgehead atoms. The number of carbonyl (C=O) groups excluding carboxylic acids is 2. The summed E-state index contributed by atoms with van der Waals surface area (Å²) in [6.45, 7) is 0. The van der Waals surface area contributed by atoms with E-state index < -0.39 is 23.7 Å². The first-order valence-electron chi connectivity index (χ1n) is 7.22. The van der Waals surface area contributed by atoms with E-state index in [4.69, 9.17) is 0 Å². The third kappa shape index (κ3) is 3.63. The number of amides is 2. The summed E-state index contributed by atoms with van der Waals surface area (Å²) in [6.07, 6.45) is -2.76. The van der Waals surface area contributed by atoms with Gasteiger partial charge in [-0.2, -0.15) is 13.2 Å². The molecule has 3 rings (SSSR count). The molecule has 1 aliphatic carbocycles. The van der Waals surface area contributed by atoms with E-state index in [1.807, 2.05) is 0 Å². The second kappa shape index (κ2) is 6.07. The van der Waals surface area contributed by atoms with Gasteiger partial charge in [-0.1, -0.05) is 6.07 Å². The average molecular weight is 344 g/mol. The predicted octanol–water partition coefficient (Wildman–Crippen LogP) is 2.96. The van der Waals surface area contributed by atoms with E-state index in [1.165, 1.54) is 28.8 Å². The highest BCUT2D eigenvalue weighted by Gasteiger charge is 2.41. The molecule has 0 aromatic heterocycles. The summed E-state index contributed by atoms with van der Waals surface area (Å²) >= 11 is 1.47. The van der Waals surface area contributed by atoms with Gasteiger partial charge in [0.1, 0.15) is 6.04 Å². The number of nitrogens with zero attached hydrogens (tertiary/aromatic N) is 1. The Balaban J connectivity index is 1.70. The Morgan fingerprint density at radius 2 is 2.00 bits per heavy atom. The van der Waals surface area contributed by atoms with Crippen molar-refractivity contribution in [1.29, 1.82) is 0 Å². The second-order valence-electron chi connectivity index (χ2n) is 5.67. The zero-order valence-electron chi connectivity index (χ0n) is 12.1. The van der Waals surface area contributed by atoms with Crippen LogP contribution in [0.1, 0.15) is 18.4 Å². The summed E-state index contributed by atoms with van der Waals surface area (Å²) in [6, 6.07) is 3.87. The lowest BCUT2D eigenvalue weighted by Gasteiger charge is -2.23. The Labute approximate surface area is 135 Å². The number of alkyl halides is 3. The van der Waals surface area contributed by atoms with Gasteiger partial charge in [0, 0.05) is 17.4 Å². The van der Waals surface area contributed by atoms with E-state index in [-0.39, 0.29) is 17.5 Å². The Kier molecular flexibility index (Phi) is 4.27. The maximum Gasteiger partial charge on any atom is 0.416 e. The molecule has 2 aliphatic rings. The lowest BCUT2D eigenvalue weighted by Crippen LogP contribution is -2.45. The fourth-order valence-corrected chi connectivity index (χ4v) is 3.60. The highest BCUT2D eigenvalue weighted by atomic mass is 32.2. The van der Waals surface area contributed by atoms with Crippen LogP contribution in [0, 0.1) is 5.92 Å². The predicted molar refractivity (Wildman–Crippen MR) is 80.8 cm³/mol. The molecular weight excluding hydrogens is 329 g/mol. The Morgan fingerprint density at radius 1 is 1.26 bits per heavy atom. The van der Waals surface area contributed by atoms with Gasteiger partial charge in [0.15, 0.2) is 0 Å². The standard InChI is InChI=1S/C15H15F3N2O2S/c16-15(17,18)10-2-1-3-11(6-10)19-13(21)12-7-23-8-20(12)14(22)9-4-5-9/h1-3,6,9,12H,4-5,7-8H2,(H,19,21). The summed E-state index contributed by atoms with van der Waals surface area (Å²) in [4.78, 5) is 26.0. The van der Waals surface area contributed by atoms with E-state index in [9.17, 15) is 22.8 Å². The SMILES string of the molecule is O=C(Nc1cccc(C(F)(F)F)c1)C1CSCN1C(=O)C1CC1. The van der Waals surface area contributed by atoms with Gasteiger partial charge in [0.25, 0.3) is 0 Å². The van der Waals surface area contributed by atoms with Crippen LogP contribution in [0.4, 0.5) is 18.9 Å². The van der Waals surface area contributed by atoms with Gasteiger partial charge in [-0.25, -0.2) is 0 Å². The number of anilines is 1. The molecule has 23 heavy (non-hydrogen) atoms. The monoisotopic (exact) mass is 344 g/mol. The number of carbonyl (C=O) groups is 2. The molecule has 2 amide bonds. The highest BCUT2D eigenvalue weighted by Crippen LogP contribution is 2.35. The number of rotatable bonds is 3. The lowest BCUT2D eigenvalue weighted by atomic mass is 10.2. The second-order valence-corrected chi connectivity index (χ2v) is 6.67. The number of benzene rings is 1. The number of hydrogen-bond acceptors (Lipinski definition) is 3. The third-order valence-corrected chi connectivity index (χ3v) is 4.86. The molecule has 1 saturated heterocycles. The molecule has 1 atom stereocenters. The van der Waals surface area contributed by atoms with E-state index in [2.05, 4.69) is 5.32 Å². The number of thioether (sulfide) groups is 1. The van der Waals surface area contributed by atoms with Crippen molar-refractivity contribution in [3.05, 3.63) is 29.8 Å². The van der Waals surface area contributed by atoms with Crippen LogP contribution in [0.5, 0.6) is 0 Å². The fourth-order valence-electron chi connectivity index (χ4n) is 2.44. The van der Waals surface area contributed by atoms with Gasteiger partial charge >= 0.3 is 6.18 Å². The molecule has 1 unspecified atom stereocenters. The molecule has 1 aliphatic heterocycles. The molecule has 124 valence electrons. The van der Waals surface area contributed by atoms with Crippen LogP contribution in [0.2, 0.25) is 0 Å². The van der Waals surface area contributed by atoms with Crippen LogP contribution in [0.15, 0.2) is 24.3 Å². The van der Waals surface area contributed by atoms with E-state index in [0.29, 0.717) is 11.6 Å². The van der Waals surface area contributed by atoms with Crippen LogP contribution >= 0.6 is 11.8 Å². The molecule has 0 radical (unpaired) electrons. The maximum absolute atomic E-state index is 12.7. The summed E-state index contributed by atoms with van der Waals surface area (Å²) in [5.74, 6) is 0.458. The number of halogens is 3. The quantitative estimate of drug-likeness (QED) is 0.917. The van der Waals surface area contributed by atoms with Crippen LogP contribution in [0.25, 0.3) is 0 Å². The summed E-state index contributed by atoms with van der Waals surface area (Å²) in [7, 11) is 0. The minimum absolute atomic E-state index is 0.0116. The average Bonchev–Trinajstić information content (AvgIpc) is 3.22. The largest absolute Gasteiger partial charge is 0.416 e.